The summed E-state index contributed by atoms with van der Waals surface area (Å²) in [6, 6.07) is 11.3. The van der Waals surface area contributed by atoms with E-state index in [4.69, 9.17) is 16.3 Å². The van der Waals surface area contributed by atoms with E-state index >= 15 is 0 Å². The zero-order chi connectivity index (χ0) is 17.6. The molecule has 4 nitrogen and oxygen atoms in total. The molecular formula is C20H18ClNO3. The Balaban J connectivity index is 1.84. The van der Waals surface area contributed by atoms with E-state index in [0.29, 0.717) is 10.9 Å². The summed E-state index contributed by atoms with van der Waals surface area (Å²) < 4.78 is 5.54. The summed E-state index contributed by atoms with van der Waals surface area (Å²) in [7, 11) is 1.67. The van der Waals surface area contributed by atoms with Gasteiger partial charge in [0.15, 0.2) is 0 Å². The molecule has 1 heterocycles. The van der Waals surface area contributed by atoms with Crippen LogP contribution in [0.4, 0.5) is 5.69 Å². The van der Waals surface area contributed by atoms with E-state index in [1.807, 2.05) is 18.2 Å². The van der Waals surface area contributed by atoms with E-state index in [1.54, 1.807) is 13.2 Å². The number of carboxylic acid groups (broad SMARTS) is 1. The maximum atomic E-state index is 11.4. The summed E-state index contributed by atoms with van der Waals surface area (Å²) in [5, 5.41) is 13.3. The lowest BCUT2D eigenvalue weighted by molar-refractivity contribution is 0.0696. The van der Waals surface area contributed by atoms with Crippen LogP contribution < -0.4 is 10.1 Å². The Hall–Kier alpha value is -2.46. The quantitative estimate of drug-likeness (QED) is 0.771. The number of allylic oxidation sites excluding steroid dienone is 2. The van der Waals surface area contributed by atoms with Crippen molar-refractivity contribution in [3.8, 4) is 5.75 Å². The van der Waals surface area contributed by atoms with Crippen LogP contribution in [-0.2, 0) is 0 Å². The van der Waals surface area contributed by atoms with Crippen molar-refractivity contribution >= 4 is 23.3 Å². The van der Waals surface area contributed by atoms with Crippen molar-refractivity contribution in [3.63, 3.8) is 0 Å². The molecule has 0 radical (unpaired) electrons. The van der Waals surface area contributed by atoms with Gasteiger partial charge < -0.3 is 15.2 Å². The topological polar surface area (TPSA) is 58.6 Å². The SMILES string of the molecule is COc1ccccc1[C@@H]1Nc2c(Cl)cc(C(=O)O)cc2[C@@H]2C=CC[C@@H]21. The Morgan fingerprint density at radius 3 is 2.84 bits per heavy atom. The van der Waals surface area contributed by atoms with Crippen molar-refractivity contribution in [2.45, 2.75) is 18.4 Å². The Bertz CT molecular complexity index is 877. The zero-order valence-electron chi connectivity index (χ0n) is 13.7. The molecule has 2 aromatic rings. The van der Waals surface area contributed by atoms with Crippen molar-refractivity contribution in [2.24, 2.45) is 5.92 Å². The first-order valence-corrected chi connectivity index (χ1v) is 8.60. The summed E-state index contributed by atoms with van der Waals surface area (Å²) in [5.41, 5.74) is 3.08. The fourth-order valence-corrected chi connectivity index (χ4v) is 4.29. The number of halogens is 1. The number of nitrogens with one attached hydrogen (secondary N) is 1. The maximum Gasteiger partial charge on any atom is 0.335 e. The molecule has 2 N–H and O–H groups in total. The van der Waals surface area contributed by atoms with Gasteiger partial charge in [0.05, 0.1) is 29.4 Å². The van der Waals surface area contributed by atoms with Crippen molar-refractivity contribution in [1.29, 1.82) is 0 Å². The molecule has 25 heavy (non-hydrogen) atoms. The number of rotatable bonds is 3. The van der Waals surface area contributed by atoms with Crippen molar-refractivity contribution in [1.82, 2.24) is 0 Å². The van der Waals surface area contributed by atoms with E-state index < -0.39 is 5.97 Å². The molecule has 2 aromatic carbocycles. The van der Waals surface area contributed by atoms with Crippen LogP contribution in [-0.4, -0.2) is 18.2 Å². The Kier molecular flexibility index (Phi) is 3.92. The van der Waals surface area contributed by atoms with E-state index in [1.165, 1.54) is 6.07 Å². The van der Waals surface area contributed by atoms with Crippen LogP contribution in [0, 0.1) is 5.92 Å². The molecule has 0 saturated heterocycles. The van der Waals surface area contributed by atoms with Crippen LogP contribution in [0.15, 0.2) is 48.6 Å². The molecule has 1 aliphatic heterocycles. The van der Waals surface area contributed by atoms with Gasteiger partial charge >= 0.3 is 5.97 Å². The van der Waals surface area contributed by atoms with Gasteiger partial charge in [-0.25, -0.2) is 4.79 Å². The lowest BCUT2D eigenvalue weighted by Gasteiger charge is -2.38. The molecule has 5 heteroatoms. The van der Waals surface area contributed by atoms with Crippen LogP contribution in [0.25, 0.3) is 0 Å². The number of anilines is 1. The van der Waals surface area contributed by atoms with Crippen LogP contribution in [0.3, 0.4) is 0 Å². The molecule has 1 aliphatic carbocycles. The van der Waals surface area contributed by atoms with E-state index in [9.17, 15) is 9.90 Å². The summed E-state index contributed by atoms with van der Waals surface area (Å²) in [6.45, 7) is 0. The molecule has 128 valence electrons. The average molecular weight is 356 g/mol. The van der Waals surface area contributed by atoms with Gasteiger partial charge in [0.25, 0.3) is 0 Å². The Morgan fingerprint density at radius 2 is 2.08 bits per heavy atom. The molecule has 0 amide bonds. The fraction of sp³-hybridized carbons (Fsp3) is 0.250. The first-order chi connectivity index (χ1) is 12.1. The highest BCUT2D eigenvalue weighted by molar-refractivity contribution is 6.33. The maximum absolute atomic E-state index is 11.4. The number of carboxylic acids is 1. The van der Waals surface area contributed by atoms with Gasteiger partial charge in [-0.05, 0) is 36.1 Å². The van der Waals surface area contributed by atoms with Crippen molar-refractivity contribution < 1.29 is 14.6 Å². The molecule has 0 fully saturated rings. The number of carbonyl (C=O) groups is 1. The minimum Gasteiger partial charge on any atom is -0.496 e. The summed E-state index contributed by atoms with van der Waals surface area (Å²) in [6.07, 6.45) is 5.25. The molecule has 4 rings (SSSR count). The molecular weight excluding hydrogens is 338 g/mol. The molecule has 0 aromatic heterocycles. The number of fused-ring (bicyclic) bond motifs is 3. The first-order valence-electron chi connectivity index (χ1n) is 8.23. The van der Waals surface area contributed by atoms with Gasteiger partial charge in [0.2, 0.25) is 0 Å². The number of hydrogen-bond acceptors (Lipinski definition) is 3. The normalized spacial score (nSPS) is 23.5. The monoisotopic (exact) mass is 355 g/mol. The lowest BCUT2D eigenvalue weighted by atomic mass is 9.76. The van der Waals surface area contributed by atoms with E-state index in [-0.39, 0.29) is 17.5 Å². The highest BCUT2D eigenvalue weighted by atomic mass is 35.5. The van der Waals surface area contributed by atoms with Gasteiger partial charge in [-0.1, -0.05) is 42.0 Å². The average Bonchev–Trinajstić information content (AvgIpc) is 3.11. The van der Waals surface area contributed by atoms with E-state index in [0.717, 1.165) is 29.0 Å². The third-order valence-corrected chi connectivity index (χ3v) is 5.44. The summed E-state index contributed by atoms with van der Waals surface area (Å²) in [5.74, 6) is 0.314. The molecule has 3 atom stereocenters. The number of methoxy groups -OCH3 is 1. The van der Waals surface area contributed by atoms with E-state index in [2.05, 4.69) is 23.5 Å². The first kappa shape index (κ1) is 16.0. The number of benzene rings is 2. The largest absolute Gasteiger partial charge is 0.496 e. The van der Waals surface area contributed by atoms with Gasteiger partial charge in [-0.15, -0.1) is 0 Å². The third kappa shape index (κ3) is 2.57. The van der Waals surface area contributed by atoms with Crippen molar-refractivity contribution in [3.05, 3.63) is 70.3 Å². The van der Waals surface area contributed by atoms with Crippen molar-refractivity contribution in [2.75, 3.05) is 12.4 Å². The molecule has 0 saturated carbocycles. The number of hydrogen-bond donors (Lipinski definition) is 2. The zero-order valence-corrected chi connectivity index (χ0v) is 14.5. The van der Waals surface area contributed by atoms with Gasteiger partial charge in [-0.2, -0.15) is 0 Å². The number of para-hydroxylation sites is 1. The van der Waals surface area contributed by atoms with Crippen LogP contribution >= 0.6 is 11.6 Å². The molecule has 2 aliphatic rings. The number of aromatic carboxylic acids is 1. The minimum atomic E-state index is -0.963. The second-order valence-corrected chi connectivity index (χ2v) is 6.85. The fourth-order valence-electron chi connectivity index (χ4n) is 4.01. The number of ether oxygens (including phenoxy) is 1. The minimum absolute atomic E-state index is 0.0526. The van der Waals surface area contributed by atoms with Gasteiger partial charge in [0.1, 0.15) is 5.75 Å². The predicted octanol–water partition coefficient (Wildman–Crippen LogP) is 4.87. The molecule has 0 unspecified atom stereocenters. The van der Waals surface area contributed by atoms with Crippen LogP contribution in [0.2, 0.25) is 5.02 Å². The smallest absolute Gasteiger partial charge is 0.335 e. The highest BCUT2D eigenvalue weighted by Gasteiger charge is 2.40. The summed E-state index contributed by atoms with van der Waals surface area (Å²) >= 11 is 6.43. The van der Waals surface area contributed by atoms with Crippen LogP contribution in [0.5, 0.6) is 5.75 Å². The highest BCUT2D eigenvalue weighted by Crippen LogP contribution is 2.52. The second-order valence-electron chi connectivity index (χ2n) is 6.44. The van der Waals surface area contributed by atoms with Crippen LogP contribution in [0.1, 0.15) is 39.9 Å². The molecule has 0 bridgehead atoms. The van der Waals surface area contributed by atoms with Gasteiger partial charge in [0, 0.05) is 11.5 Å². The Labute approximate surface area is 151 Å². The standard InChI is InChI=1S/C20H18ClNO3/c1-25-17-8-3-2-5-14(17)18-13-7-4-6-12(13)15-9-11(20(23)24)10-16(21)19(15)22-18/h2-6,8-10,12-13,18,22H,7H2,1H3,(H,23,24)/t12-,13+,18-/m1/s1. The third-order valence-electron chi connectivity index (χ3n) is 5.14. The van der Waals surface area contributed by atoms with Gasteiger partial charge in [-0.3, -0.25) is 0 Å². The summed E-state index contributed by atoms with van der Waals surface area (Å²) in [4.78, 5) is 11.4. The lowest BCUT2D eigenvalue weighted by Crippen LogP contribution is -2.29. The molecule has 0 spiro atoms. The predicted molar refractivity (Wildman–Crippen MR) is 97.8 cm³/mol. The second kappa shape index (κ2) is 6.12. The Morgan fingerprint density at radius 1 is 1.28 bits per heavy atom.